The Morgan fingerprint density at radius 1 is 1.29 bits per heavy atom. The lowest BCUT2D eigenvalue weighted by Crippen LogP contribution is -2.09. The van der Waals surface area contributed by atoms with Gasteiger partial charge in [0.25, 0.3) is 0 Å². The third kappa shape index (κ3) is 5.28. The number of hydrogen-bond donors (Lipinski definition) is 1. The van der Waals surface area contributed by atoms with Crippen molar-refractivity contribution in [2.24, 2.45) is 5.73 Å². The molecular formula is C11H13ClF3NO. The van der Waals surface area contributed by atoms with Crippen LogP contribution in [0.3, 0.4) is 0 Å². The molecule has 6 heteroatoms. The van der Waals surface area contributed by atoms with Crippen LogP contribution < -0.4 is 10.5 Å². The van der Waals surface area contributed by atoms with Gasteiger partial charge in [-0.3, -0.25) is 0 Å². The summed E-state index contributed by atoms with van der Waals surface area (Å²) in [6.07, 6.45) is -5.05. The zero-order chi connectivity index (χ0) is 12.9. The molecule has 17 heavy (non-hydrogen) atoms. The first-order valence-electron chi connectivity index (χ1n) is 5.10. The van der Waals surface area contributed by atoms with Crippen LogP contribution in [0.25, 0.3) is 0 Å². The molecule has 0 fully saturated rings. The highest BCUT2D eigenvalue weighted by Gasteiger charge is 2.26. The molecular weight excluding hydrogens is 255 g/mol. The Labute approximate surface area is 103 Å². The zero-order valence-electron chi connectivity index (χ0n) is 9.06. The van der Waals surface area contributed by atoms with Crippen molar-refractivity contribution < 1.29 is 17.9 Å². The molecule has 0 saturated heterocycles. The van der Waals surface area contributed by atoms with E-state index < -0.39 is 12.6 Å². The van der Waals surface area contributed by atoms with E-state index in [-0.39, 0.29) is 13.0 Å². The maximum Gasteiger partial charge on any atom is 0.389 e. The van der Waals surface area contributed by atoms with Crippen molar-refractivity contribution in [3.05, 3.63) is 28.8 Å². The molecule has 0 aliphatic carbocycles. The van der Waals surface area contributed by atoms with Crippen LogP contribution in [-0.4, -0.2) is 12.8 Å². The van der Waals surface area contributed by atoms with E-state index in [1.807, 2.05) is 0 Å². The lowest BCUT2D eigenvalue weighted by atomic mass is 10.2. The van der Waals surface area contributed by atoms with E-state index in [4.69, 9.17) is 22.1 Å². The highest BCUT2D eigenvalue weighted by atomic mass is 35.5. The van der Waals surface area contributed by atoms with Crippen molar-refractivity contribution in [1.29, 1.82) is 0 Å². The molecule has 0 aliphatic heterocycles. The van der Waals surface area contributed by atoms with Gasteiger partial charge in [-0.2, -0.15) is 13.2 Å². The van der Waals surface area contributed by atoms with Gasteiger partial charge < -0.3 is 10.5 Å². The summed E-state index contributed by atoms with van der Waals surface area (Å²) in [4.78, 5) is 0. The van der Waals surface area contributed by atoms with Gasteiger partial charge in [-0.05, 0) is 24.1 Å². The molecule has 0 atom stereocenters. The Morgan fingerprint density at radius 2 is 2.00 bits per heavy atom. The minimum atomic E-state index is -4.13. The Bertz CT molecular complexity index is 368. The second-order valence-electron chi connectivity index (χ2n) is 3.52. The van der Waals surface area contributed by atoms with Crippen LogP contribution in [0, 0.1) is 0 Å². The molecule has 0 unspecified atom stereocenters. The average Bonchev–Trinajstić information content (AvgIpc) is 2.23. The Balaban J connectivity index is 2.40. The van der Waals surface area contributed by atoms with Gasteiger partial charge in [0.1, 0.15) is 5.75 Å². The van der Waals surface area contributed by atoms with Crippen LogP contribution in [0.1, 0.15) is 18.4 Å². The Morgan fingerprint density at radius 3 is 2.53 bits per heavy atom. The largest absolute Gasteiger partial charge is 0.494 e. The van der Waals surface area contributed by atoms with Gasteiger partial charge in [0.15, 0.2) is 0 Å². The molecule has 2 nitrogen and oxygen atoms in total. The topological polar surface area (TPSA) is 35.2 Å². The summed E-state index contributed by atoms with van der Waals surface area (Å²) in [5.41, 5.74) is 6.19. The molecule has 1 aromatic carbocycles. The van der Waals surface area contributed by atoms with Crippen LogP contribution in [0.15, 0.2) is 18.2 Å². The van der Waals surface area contributed by atoms with E-state index in [9.17, 15) is 13.2 Å². The minimum absolute atomic E-state index is 0.0117. The first-order chi connectivity index (χ1) is 7.92. The maximum atomic E-state index is 11.9. The van der Waals surface area contributed by atoms with Crippen molar-refractivity contribution in [2.75, 3.05) is 6.61 Å². The lowest BCUT2D eigenvalue weighted by molar-refractivity contribution is -0.136. The van der Waals surface area contributed by atoms with Crippen LogP contribution in [0.4, 0.5) is 13.2 Å². The van der Waals surface area contributed by atoms with Crippen molar-refractivity contribution in [3.8, 4) is 5.75 Å². The number of alkyl halides is 3. The monoisotopic (exact) mass is 267 g/mol. The normalized spacial score (nSPS) is 11.6. The van der Waals surface area contributed by atoms with Crippen LogP contribution in [0.2, 0.25) is 5.02 Å². The molecule has 1 rings (SSSR count). The molecule has 96 valence electrons. The van der Waals surface area contributed by atoms with Crippen molar-refractivity contribution in [3.63, 3.8) is 0 Å². The van der Waals surface area contributed by atoms with Crippen LogP contribution >= 0.6 is 11.6 Å². The smallest absolute Gasteiger partial charge is 0.389 e. The first-order valence-corrected chi connectivity index (χ1v) is 5.48. The summed E-state index contributed by atoms with van der Waals surface area (Å²) in [5, 5.41) is 0.459. The van der Waals surface area contributed by atoms with E-state index in [0.717, 1.165) is 5.56 Å². The number of halogens is 4. The highest BCUT2D eigenvalue weighted by Crippen LogP contribution is 2.24. The molecule has 0 heterocycles. The van der Waals surface area contributed by atoms with Crippen molar-refractivity contribution in [2.45, 2.75) is 25.6 Å². The molecule has 0 radical (unpaired) electrons. The summed E-state index contributed by atoms with van der Waals surface area (Å²) in [6.45, 7) is 0.324. The molecule has 0 bridgehead atoms. The average molecular weight is 268 g/mol. The third-order valence-electron chi connectivity index (χ3n) is 2.12. The standard InChI is InChI=1S/C11H13ClF3NO/c12-10-6-9(3-2-8(10)7-16)17-5-1-4-11(13,14)15/h2-3,6H,1,4-5,7,16H2. The number of benzene rings is 1. The predicted molar refractivity (Wildman–Crippen MR) is 60.1 cm³/mol. The number of rotatable bonds is 5. The predicted octanol–water partition coefficient (Wildman–Crippen LogP) is 3.52. The van der Waals surface area contributed by atoms with E-state index in [0.29, 0.717) is 17.3 Å². The molecule has 0 aromatic heterocycles. The van der Waals surface area contributed by atoms with E-state index in [2.05, 4.69) is 0 Å². The van der Waals surface area contributed by atoms with Gasteiger partial charge in [-0.15, -0.1) is 0 Å². The summed E-state index contributed by atoms with van der Waals surface area (Å²) in [6, 6.07) is 4.89. The van der Waals surface area contributed by atoms with Crippen LogP contribution in [-0.2, 0) is 6.54 Å². The zero-order valence-corrected chi connectivity index (χ0v) is 9.81. The Hall–Kier alpha value is -0.940. The second-order valence-corrected chi connectivity index (χ2v) is 3.93. The molecule has 1 aromatic rings. The highest BCUT2D eigenvalue weighted by molar-refractivity contribution is 6.31. The molecule has 0 amide bonds. The van der Waals surface area contributed by atoms with Gasteiger partial charge in [-0.25, -0.2) is 0 Å². The van der Waals surface area contributed by atoms with Gasteiger partial charge in [0.05, 0.1) is 6.61 Å². The van der Waals surface area contributed by atoms with E-state index in [1.165, 1.54) is 0 Å². The molecule has 2 N–H and O–H groups in total. The fourth-order valence-corrected chi connectivity index (χ4v) is 1.49. The van der Waals surface area contributed by atoms with Crippen LogP contribution in [0.5, 0.6) is 5.75 Å². The summed E-state index contributed by atoms with van der Waals surface area (Å²) in [7, 11) is 0. The van der Waals surface area contributed by atoms with Crippen molar-refractivity contribution in [1.82, 2.24) is 0 Å². The van der Waals surface area contributed by atoms with E-state index >= 15 is 0 Å². The van der Waals surface area contributed by atoms with Crippen molar-refractivity contribution >= 4 is 11.6 Å². The third-order valence-corrected chi connectivity index (χ3v) is 2.47. The fourth-order valence-electron chi connectivity index (χ4n) is 1.25. The molecule has 0 saturated carbocycles. The van der Waals surface area contributed by atoms with Gasteiger partial charge >= 0.3 is 6.18 Å². The SMILES string of the molecule is NCc1ccc(OCCCC(F)(F)F)cc1Cl. The second kappa shape index (κ2) is 6.12. The van der Waals surface area contributed by atoms with E-state index in [1.54, 1.807) is 18.2 Å². The number of ether oxygens (including phenoxy) is 1. The number of hydrogen-bond acceptors (Lipinski definition) is 2. The molecule has 0 aliphatic rings. The fraction of sp³-hybridized carbons (Fsp3) is 0.455. The summed E-state index contributed by atoms with van der Waals surface area (Å²) >= 11 is 5.87. The lowest BCUT2D eigenvalue weighted by Gasteiger charge is -2.09. The quantitative estimate of drug-likeness (QED) is 0.829. The van der Waals surface area contributed by atoms with Gasteiger partial charge in [0, 0.05) is 18.0 Å². The minimum Gasteiger partial charge on any atom is -0.494 e. The van der Waals surface area contributed by atoms with Gasteiger partial charge in [0.2, 0.25) is 0 Å². The Kier molecular flexibility index (Phi) is 5.08. The number of nitrogens with two attached hydrogens (primary N) is 1. The van der Waals surface area contributed by atoms with Gasteiger partial charge in [-0.1, -0.05) is 17.7 Å². The maximum absolute atomic E-state index is 11.9. The first kappa shape index (κ1) is 14.1. The molecule has 0 spiro atoms. The summed E-state index contributed by atoms with van der Waals surface area (Å²) in [5.74, 6) is 0.453. The summed E-state index contributed by atoms with van der Waals surface area (Å²) < 4.78 is 40.7.